The lowest BCUT2D eigenvalue weighted by Gasteiger charge is -2.17. The van der Waals surface area contributed by atoms with E-state index in [0.29, 0.717) is 17.9 Å². The van der Waals surface area contributed by atoms with E-state index in [-0.39, 0.29) is 11.9 Å². The molecule has 0 aliphatic carbocycles. The van der Waals surface area contributed by atoms with Crippen molar-refractivity contribution in [2.24, 2.45) is 0 Å². The maximum Gasteiger partial charge on any atom is 0.251 e. The Morgan fingerprint density at radius 2 is 1.85 bits per heavy atom. The molecule has 0 radical (unpaired) electrons. The lowest BCUT2D eigenvalue weighted by Crippen LogP contribution is -2.29. The van der Waals surface area contributed by atoms with Crippen LogP contribution in [0.5, 0.6) is 11.5 Å². The lowest BCUT2D eigenvalue weighted by atomic mass is 10.2. The summed E-state index contributed by atoms with van der Waals surface area (Å²) in [6.07, 6.45) is 0.818. The molecule has 6 nitrogen and oxygen atoms in total. The predicted octanol–water partition coefficient (Wildman–Crippen LogP) is 5.31. The molecule has 1 atom stereocenters. The van der Waals surface area contributed by atoms with E-state index in [1.165, 1.54) is 0 Å². The molecule has 33 heavy (non-hydrogen) atoms. The summed E-state index contributed by atoms with van der Waals surface area (Å²) in [6.45, 7) is 5.34. The van der Waals surface area contributed by atoms with Crippen LogP contribution in [0.2, 0.25) is 0 Å². The normalized spacial score (nSPS) is 11.8. The summed E-state index contributed by atoms with van der Waals surface area (Å²) in [6, 6.07) is 22.9. The van der Waals surface area contributed by atoms with E-state index in [1.807, 2.05) is 68.4 Å². The average molecular weight is 444 g/mol. The highest BCUT2D eigenvalue weighted by Crippen LogP contribution is 2.23. The minimum absolute atomic E-state index is 0.164. The molecule has 0 aliphatic heterocycles. The first-order chi connectivity index (χ1) is 16.1. The number of amides is 1. The molecule has 0 saturated carbocycles. The number of hydrogen-bond acceptors (Lipinski definition) is 4. The van der Waals surface area contributed by atoms with Crippen LogP contribution in [-0.2, 0) is 6.54 Å². The zero-order valence-electron chi connectivity index (χ0n) is 19.2. The van der Waals surface area contributed by atoms with Gasteiger partial charge in [0.1, 0.15) is 17.3 Å². The molecule has 0 saturated heterocycles. The largest absolute Gasteiger partial charge is 0.497 e. The minimum atomic E-state index is -0.270. The van der Waals surface area contributed by atoms with E-state index >= 15 is 0 Å². The third-order valence-electron chi connectivity index (χ3n) is 5.63. The van der Waals surface area contributed by atoms with Crippen LogP contribution >= 0.6 is 0 Å². The smallest absolute Gasteiger partial charge is 0.251 e. The number of benzene rings is 3. The Bertz CT molecular complexity index is 1250. The van der Waals surface area contributed by atoms with E-state index in [0.717, 1.165) is 41.1 Å². The fourth-order valence-corrected chi connectivity index (χ4v) is 3.89. The van der Waals surface area contributed by atoms with E-state index < -0.39 is 0 Å². The third-order valence-corrected chi connectivity index (χ3v) is 5.63. The Morgan fingerprint density at radius 1 is 1.06 bits per heavy atom. The van der Waals surface area contributed by atoms with E-state index in [1.54, 1.807) is 19.2 Å². The highest BCUT2D eigenvalue weighted by Gasteiger charge is 2.19. The molecule has 1 unspecified atom stereocenters. The topological polar surface area (TPSA) is 65.4 Å². The first-order valence-corrected chi connectivity index (χ1v) is 11.2. The number of aryl methyl sites for hydroxylation is 2. The van der Waals surface area contributed by atoms with Gasteiger partial charge in [-0.15, -0.1) is 0 Å². The molecule has 0 bridgehead atoms. The van der Waals surface area contributed by atoms with Crippen molar-refractivity contribution in [2.45, 2.75) is 32.9 Å². The van der Waals surface area contributed by atoms with Gasteiger partial charge in [0.2, 0.25) is 0 Å². The van der Waals surface area contributed by atoms with Crippen molar-refractivity contribution < 1.29 is 14.3 Å². The number of fused-ring (bicyclic) bond motifs is 1. The second-order valence-corrected chi connectivity index (χ2v) is 8.00. The number of rotatable bonds is 9. The second kappa shape index (κ2) is 10.2. The summed E-state index contributed by atoms with van der Waals surface area (Å²) in [4.78, 5) is 17.7. The standard InChI is InChI=1S/C27H29N3O3/c1-19-10-4-7-15-25(19)33-17-9-16-30-24-14-6-5-13-23(24)29-26(30)20(2)28-27(31)21-11-8-12-22(18-21)32-3/h4-8,10-15,18,20H,9,16-17H2,1-3H3,(H,28,31). The van der Waals surface area contributed by atoms with Crippen molar-refractivity contribution in [3.8, 4) is 11.5 Å². The number of imidazole rings is 1. The van der Waals surface area contributed by atoms with Crippen LogP contribution in [0.3, 0.4) is 0 Å². The maximum absolute atomic E-state index is 12.8. The molecule has 0 spiro atoms. The Kier molecular flexibility index (Phi) is 6.93. The van der Waals surface area contributed by atoms with E-state index in [4.69, 9.17) is 14.5 Å². The Morgan fingerprint density at radius 3 is 2.67 bits per heavy atom. The quantitative estimate of drug-likeness (QED) is 0.356. The summed E-state index contributed by atoms with van der Waals surface area (Å²) in [7, 11) is 1.59. The molecule has 4 aromatic rings. The van der Waals surface area contributed by atoms with Gasteiger partial charge in [0.25, 0.3) is 5.91 Å². The van der Waals surface area contributed by atoms with Crippen molar-refractivity contribution >= 4 is 16.9 Å². The summed E-state index contributed by atoms with van der Waals surface area (Å²) < 4.78 is 13.4. The Balaban J connectivity index is 1.49. The van der Waals surface area contributed by atoms with Gasteiger partial charge in [-0.3, -0.25) is 4.79 Å². The SMILES string of the molecule is COc1cccc(C(=O)NC(C)c2nc3ccccc3n2CCCOc2ccccc2C)c1. The van der Waals surface area contributed by atoms with Gasteiger partial charge in [-0.1, -0.05) is 36.4 Å². The molecule has 0 aliphatic rings. The highest BCUT2D eigenvalue weighted by atomic mass is 16.5. The van der Waals surface area contributed by atoms with Crippen molar-refractivity contribution in [1.82, 2.24) is 14.9 Å². The number of ether oxygens (including phenoxy) is 2. The first-order valence-electron chi connectivity index (χ1n) is 11.2. The maximum atomic E-state index is 12.8. The van der Waals surface area contributed by atoms with Crippen LogP contribution in [0.4, 0.5) is 0 Å². The zero-order valence-corrected chi connectivity index (χ0v) is 19.2. The molecule has 1 heterocycles. The van der Waals surface area contributed by atoms with Crippen molar-refractivity contribution in [1.29, 1.82) is 0 Å². The number of carbonyl (C=O) groups excluding carboxylic acids is 1. The van der Waals surface area contributed by atoms with Crippen LogP contribution in [0, 0.1) is 6.92 Å². The van der Waals surface area contributed by atoms with Crippen LogP contribution in [-0.4, -0.2) is 29.2 Å². The molecule has 1 N–H and O–H groups in total. The van der Waals surface area contributed by atoms with Gasteiger partial charge in [0.05, 0.1) is 30.8 Å². The van der Waals surface area contributed by atoms with E-state index in [2.05, 4.69) is 16.0 Å². The zero-order chi connectivity index (χ0) is 23.2. The van der Waals surface area contributed by atoms with Gasteiger partial charge >= 0.3 is 0 Å². The predicted molar refractivity (Wildman–Crippen MR) is 130 cm³/mol. The molecule has 6 heteroatoms. The van der Waals surface area contributed by atoms with Crippen molar-refractivity contribution in [3.63, 3.8) is 0 Å². The molecule has 1 aromatic heterocycles. The van der Waals surface area contributed by atoms with Gasteiger partial charge in [0, 0.05) is 12.1 Å². The summed E-state index contributed by atoms with van der Waals surface area (Å²) in [5.41, 5.74) is 3.64. The molecule has 3 aromatic carbocycles. The molecule has 170 valence electrons. The summed E-state index contributed by atoms with van der Waals surface area (Å²) in [5.74, 6) is 2.22. The Labute approximate surface area is 194 Å². The van der Waals surface area contributed by atoms with E-state index in [9.17, 15) is 4.79 Å². The molecule has 1 amide bonds. The number of carbonyl (C=O) groups is 1. The minimum Gasteiger partial charge on any atom is -0.497 e. The summed E-state index contributed by atoms with van der Waals surface area (Å²) in [5, 5.41) is 3.08. The van der Waals surface area contributed by atoms with Crippen LogP contribution in [0.25, 0.3) is 11.0 Å². The van der Waals surface area contributed by atoms with Crippen LogP contribution in [0.1, 0.15) is 41.1 Å². The van der Waals surface area contributed by atoms with Crippen LogP contribution < -0.4 is 14.8 Å². The molecule has 4 rings (SSSR count). The number of methoxy groups -OCH3 is 1. The number of nitrogens with zero attached hydrogens (tertiary/aromatic N) is 2. The molecule has 0 fully saturated rings. The highest BCUT2D eigenvalue weighted by molar-refractivity contribution is 5.94. The van der Waals surface area contributed by atoms with Gasteiger partial charge in [-0.05, 0) is 62.2 Å². The number of para-hydroxylation sites is 3. The van der Waals surface area contributed by atoms with Gasteiger partial charge < -0.3 is 19.4 Å². The average Bonchev–Trinajstić information content (AvgIpc) is 3.21. The first kappa shape index (κ1) is 22.4. The molecular formula is C27H29N3O3. The van der Waals surface area contributed by atoms with Crippen LogP contribution in [0.15, 0.2) is 72.8 Å². The van der Waals surface area contributed by atoms with Crippen molar-refractivity contribution in [3.05, 3.63) is 89.7 Å². The monoisotopic (exact) mass is 443 g/mol. The number of aromatic nitrogens is 2. The van der Waals surface area contributed by atoms with Crippen molar-refractivity contribution in [2.75, 3.05) is 13.7 Å². The van der Waals surface area contributed by atoms with Gasteiger partial charge in [-0.25, -0.2) is 4.98 Å². The Hall–Kier alpha value is -3.80. The molecular weight excluding hydrogens is 414 g/mol. The van der Waals surface area contributed by atoms with Gasteiger partial charge in [-0.2, -0.15) is 0 Å². The fourth-order valence-electron chi connectivity index (χ4n) is 3.89. The second-order valence-electron chi connectivity index (χ2n) is 8.00. The number of hydrogen-bond donors (Lipinski definition) is 1. The fraction of sp³-hybridized carbons (Fsp3) is 0.259. The lowest BCUT2D eigenvalue weighted by molar-refractivity contribution is 0.0937. The number of nitrogens with one attached hydrogen (secondary N) is 1. The summed E-state index contributed by atoms with van der Waals surface area (Å²) >= 11 is 0. The third kappa shape index (κ3) is 5.17. The van der Waals surface area contributed by atoms with Gasteiger partial charge in [0.15, 0.2) is 0 Å².